The van der Waals surface area contributed by atoms with Crippen molar-refractivity contribution in [3.8, 4) is 0 Å². The predicted molar refractivity (Wildman–Crippen MR) is 59.8 cm³/mol. The molecule has 2 fully saturated rings. The quantitative estimate of drug-likeness (QED) is 0.639. The fourth-order valence-corrected chi connectivity index (χ4v) is 1.55. The molecule has 0 aromatic carbocycles. The first-order valence-corrected chi connectivity index (χ1v) is 5.91. The van der Waals surface area contributed by atoms with Crippen molar-refractivity contribution >= 4 is 11.8 Å². The summed E-state index contributed by atoms with van der Waals surface area (Å²) in [5.74, 6) is 0.0356. The van der Waals surface area contributed by atoms with E-state index >= 15 is 0 Å². The molecular formula is C11H19N3O2. The normalized spacial score (nSPS) is 19.6. The Kier molecular flexibility index (Phi) is 3.43. The van der Waals surface area contributed by atoms with Gasteiger partial charge in [0.1, 0.15) is 0 Å². The van der Waals surface area contributed by atoms with Crippen molar-refractivity contribution in [1.29, 1.82) is 0 Å². The Hall–Kier alpha value is -1.10. The van der Waals surface area contributed by atoms with E-state index in [9.17, 15) is 9.59 Å². The summed E-state index contributed by atoms with van der Waals surface area (Å²) in [6, 6.07) is 0.780. The molecule has 0 radical (unpaired) electrons. The topological polar surface area (TPSA) is 61.4 Å². The first-order valence-electron chi connectivity index (χ1n) is 5.91. The minimum atomic E-state index is 0.0178. The molecule has 0 bridgehead atoms. The van der Waals surface area contributed by atoms with Gasteiger partial charge < -0.3 is 10.6 Å². The molecule has 0 aromatic heterocycles. The summed E-state index contributed by atoms with van der Waals surface area (Å²) in [7, 11) is 1.79. The van der Waals surface area contributed by atoms with Crippen molar-refractivity contribution in [3.05, 3.63) is 0 Å². The maximum Gasteiger partial charge on any atom is 0.234 e. The number of hydrogen-bond acceptors (Lipinski definition) is 3. The second-order valence-electron chi connectivity index (χ2n) is 4.86. The molecule has 2 amide bonds. The van der Waals surface area contributed by atoms with E-state index in [2.05, 4.69) is 10.6 Å². The van der Waals surface area contributed by atoms with Crippen LogP contribution < -0.4 is 10.6 Å². The molecule has 5 nitrogen and oxygen atoms in total. The second-order valence-corrected chi connectivity index (χ2v) is 4.86. The largest absolute Gasteiger partial charge is 0.352 e. The summed E-state index contributed by atoms with van der Waals surface area (Å²) in [5.41, 5.74) is 0. The van der Waals surface area contributed by atoms with Crippen molar-refractivity contribution in [2.75, 3.05) is 20.1 Å². The van der Waals surface area contributed by atoms with Gasteiger partial charge in [0.25, 0.3) is 0 Å². The standard InChI is InChI=1S/C11H19N3O2/c1-14(6-10(15)12-8-2-3-8)7-11(16)13-9-4-5-9/h8-9H,2-7H2,1H3,(H,12,15)(H,13,16). The van der Waals surface area contributed by atoms with Crippen LogP contribution in [-0.4, -0.2) is 48.9 Å². The monoisotopic (exact) mass is 225 g/mol. The molecule has 2 saturated carbocycles. The van der Waals surface area contributed by atoms with Crippen molar-refractivity contribution in [3.63, 3.8) is 0 Å². The molecule has 2 N–H and O–H groups in total. The van der Waals surface area contributed by atoms with Gasteiger partial charge >= 0.3 is 0 Å². The van der Waals surface area contributed by atoms with Crippen LogP contribution in [0.1, 0.15) is 25.7 Å². The number of likely N-dealkylation sites (N-methyl/N-ethyl adjacent to an activating group) is 1. The molecule has 0 atom stereocenters. The smallest absolute Gasteiger partial charge is 0.234 e. The molecule has 0 aliphatic heterocycles. The number of amides is 2. The van der Waals surface area contributed by atoms with Gasteiger partial charge in [-0.25, -0.2) is 0 Å². The van der Waals surface area contributed by atoms with E-state index in [1.807, 2.05) is 0 Å². The highest BCUT2D eigenvalue weighted by molar-refractivity contribution is 5.81. The van der Waals surface area contributed by atoms with Gasteiger partial charge in [0.2, 0.25) is 11.8 Å². The summed E-state index contributed by atoms with van der Waals surface area (Å²) < 4.78 is 0. The molecule has 90 valence electrons. The number of rotatable bonds is 6. The molecule has 2 aliphatic rings. The van der Waals surface area contributed by atoms with Gasteiger partial charge in [-0.1, -0.05) is 0 Å². The van der Waals surface area contributed by atoms with E-state index in [1.54, 1.807) is 11.9 Å². The highest BCUT2D eigenvalue weighted by atomic mass is 16.2. The van der Waals surface area contributed by atoms with Crippen molar-refractivity contribution in [2.24, 2.45) is 0 Å². The summed E-state index contributed by atoms with van der Waals surface area (Å²) in [5, 5.41) is 5.80. The fraction of sp³-hybridized carbons (Fsp3) is 0.818. The first kappa shape index (κ1) is 11.4. The van der Waals surface area contributed by atoms with Crippen molar-refractivity contribution < 1.29 is 9.59 Å². The van der Waals surface area contributed by atoms with E-state index in [4.69, 9.17) is 0 Å². The lowest BCUT2D eigenvalue weighted by atomic mass is 10.4. The number of nitrogens with one attached hydrogen (secondary N) is 2. The maximum atomic E-state index is 11.4. The summed E-state index contributed by atoms with van der Waals surface area (Å²) in [6.07, 6.45) is 4.38. The van der Waals surface area contributed by atoms with Crippen LogP contribution >= 0.6 is 0 Å². The average Bonchev–Trinajstić information content (AvgIpc) is 2.98. The Morgan fingerprint density at radius 3 is 1.69 bits per heavy atom. The number of carbonyl (C=O) groups excluding carboxylic acids is 2. The van der Waals surface area contributed by atoms with Crippen LogP contribution in [0.15, 0.2) is 0 Å². The Balaban J connectivity index is 1.59. The third-order valence-electron chi connectivity index (χ3n) is 2.71. The van der Waals surface area contributed by atoms with Crippen LogP contribution in [0, 0.1) is 0 Å². The molecular weight excluding hydrogens is 206 g/mol. The zero-order valence-corrected chi connectivity index (χ0v) is 9.66. The third-order valence-corrected chi connectivity index (χ3v) is 2.71. The Bertz CT molecular complexity index is 257. The number of hydrogen-bond donors (Lipinski definition) is 2. The number of carbonyl (C=O) groups is 2. The molecule has 0 unspecified atom stereocenters. The van der Waals surface area contributed by atoms with Crippen LogP contribution in [0.2, 0.25) is 0 Å². The minimum Gasteiger partial charge on any atom is -0.352 e. The van der Waals surface area contributed by atoms with E-state index in [-0.39, 0.29) is 11.8 Å². The summed E-state index contributed by atoms with van der Waals surface area (Å²) in [6.45, 7) is 0.600. The van der Waals surface area contributed by atoms with Gasteiger partial charge in [-0.3, -0.25) is 14.5 Å². The zero-order valence-electron chi connectivity index (χ0n) is 9.66. The van der Waals surface area contributed by atoms with E-state index in [0.717, 1.165) is 25.7 Å². The predicted octanol–water partition coefficient (Wildman–Crippen LogP) is -0.525. The summed E-state index contributed by atoms with van der Waals surface area (Å²) in [4.78, 5) is 24.6. The molecule has 0 heterocycles. The lowest BCUT2D eigenvalue weighted by Gasteiger charge is -2.15. The lowest BCUT2D eigenvalue weighted by molar-refractivity contribution is -0.124. The van der Waals surface area contributed by atoms with Crippen LogP contribution in [0.4, 0.5) is 0 Å². The first-order chi connectivity index (χ1) is 7.63. The van der Waals surface area contributed by atoms with Gasteiger partial charge in [-0.05, 0) is 32.7 Å². The molecule has 5 heteroatoms. The van der Waals surface area contributed by atoms with Crippen LogP contribution in [-0.2, 0) is 9.59 Å². The highest BCUT2D eigenvalue weighted by Crippen LogP contribution is 2.18. The lowest BCUT2D eigenvalue weighted by Crippen LogP contribution is -2.41. The van der Waals surface area contributed by atoms with Gasteiger partial charge in [-0.2, -0.15) is 0 Å². The van der Waals surface area contributed by atoms with E-state index < -0.39 is 0 Å². The molecule has 2 rings (SSSR count). The average molecular weight is 225 g/mol. The summed E-state index contributed by atoms with van der Waals surface area (Å²) >= 11 is 0. The third kappa shape index (κ3) is 4.18. The second kappa shape index (κ2) is 4.82. The zero-order chi connectivity index (χ0) is 11.5. The Morgan fingerprint density at radius 1 is 1.00 bits per heavy atom. The van der Waals surface area contributed by atoms with E-state index in [0.29, 0.717) is 25.2 Å². The van der Waals surface area contributed by atoms with Gasteiger partial charge in [0.05, 0.1) is 13.1 Å². The number of nitrogens with zero attached hydrogens (tertiary/aromatic N) is 1. The van der Waals surface area contributed by atoms with Crippen LogP contribution in [0.3, 0.4) is 0 Å². The molecule has 2 aliphatic carbocycles. The van der Waals surface area contributed by atoms with Gasteiger partial charge in [0, 0.05) is 12.1 Å². The molecule has 16 heavy (non-hydrogen) atoms. The molecule has 0 saturated heterocycles. The van der Waals surface area contributed by atoms with E-state index in [1.165, 1.54) is 0 Å². The SMILES string of the molecule is CN(CC(=O)NC1CC1)CC(=O)NC1CC1. The molecule has 0 aromatic rings. The van der Waals surface area contributed by atoms with Crippen LogP contribution in [0.25, 0.3) is 0 Å². The Morgan fingerprint density at radius 2 is 1.38 bits per heavy atom. The highest BCUT2D eigenvalue weighted by Gasteiger charge is 2.25. The van der Waals surface area contributed by atoms with Gasteiger partial charge in [-0.15, -0.1) is 0 Å². The van der Waals surface area contributed by atoms with Gasteiger partial charge in [0.15, 0.2) is 0 Å². The van der Waals surface area contributed by atoms with Crippen molar-refractivity contribution in [1.82, 2.24) is 15.5 Å². The van der Waals surface area contributed by atoms with Crippen LogP contribution in [0.5, 0.6) is 0 Å². The van der Waals surface area contributed by atoms with Crippen molar-refractivity contribution in [2.45, 2.75) is 37.8 Å². The molecule has 0 spiro atoms. The fourth-order valence-electron chi connectivity index (χ4n) is 1.55. The minimum absolute atomic E-state index is 0.0178. The Labute approximate surface area is 95.6 Å². The maximum absolute atomic E-state index is 11.4.